The first-order valence-corrected chi connectivity index (χ1v) is 4.22. The van der Waals surface area contributed by atoms with Crippen LogP contribution >= 0.6 is 11.3 Å². The first-order valence-electron chi connectivity index (χ1n) is 3.34. The summed E-state index contributed by atoms with van der Waals surface area (Å²) in [5, 5.41) is 2.82. The average Bonchev–Trinajstić information content (AvgIpc) is 2.34. The molecule has 0 saturated carbocycles. The van der Waals surface area contributed by atoms with E-state index in [9.17, 15) is 4.79 Å². The van der Waals surface area contributed by atoms with Gasteiger partial charge in [0.25, 0.3) is 0 Å². The lowest BCUT2D eigenvalue weighted by Gasteiger charge is -1.87. The second kappa shape index (κ2) is 2.20. The summed E-state index contributed by atoms with van der Waals surface area (Å²) in [7, 11) is 0. The van der Waals surface area contributed by atoms with Crippen molar-refractivity contribution in [3.05, 3.63) is 33.4 Å². The van der Waals surface area contributed by atoms with Crippen LogP contribution < -0.4 is 5.43 Å². The van der Waals surface area contributed by atoms with Crippen LogP contribution in [0.5, 0.6) is 0 Å². The summed E-state index contributed by atoms with van der Waals surface area (Å²) in [4.78, 5) is 15.2. The number of pyridine rings is 1. The van der Waals surface area contributed by atoms with E-state index in [0.717, 1.165) is 15.8 Å². The van der Waals surface area contributed by atoms with Gasteiger partial charge in [0.15, 0.2) is 5.43 Å². The van der Waals surface area contributed by atoms with Gasteiger partial charge in [-0.2, -0.15) is 0 Å². The predicted molar refractivity (Wildman–Crippen MR) is 47.2 cm³/mol. The number of nitrogens with one attached hydrogen (secondary N) is 1. The Balaban J connectivity index is 3.08. The van der Waals surface area contributed by atoms with Crippen molar-refractivity contribution in [1.29, 1.82) is 0 Å². The third kappa shape index (κ3) is 0.886. The quantitative estimate of drug-likeness (QED) is 0.635. The third-order valence-electron chi connectivity index (χ3n) is 1.67. The van der Waals surface area contributed by atoms with Gasteiger partial charge in [-0.3, -0.25) is 4.79 Å². The minimum atomic E-state index is 0.109. The Labute approximate surface area is 67.5 Å². The molecule has 0 bridgehead atoms. The highest BCUT2D eigenvalue weighted by atomic mass is 32.1. The zero-order chi connectivity index (χ0) is 7.84. The van der Waals surface area contributed by atoms with Gasteiger partial charge in [0, 0.05) is 12.3 Å². The SMILES string of the molecule is Cc1csc2[nH]ccc(=O)c12. The molecular formula is C8H7NOS. The number of aromatic amines is 1. The lowest BCUT2D eigenvalue weighted by molar-refractivity contribution is 1.41. The molecule has 11 heavy (non-hydrogen) atoms. The van der Waals surface area contributed by atoms with Gasteiger partial charge in [-0.1, -0.05) is 0 Å². The van der Waals surface area contributed by atoms with Crippen LogP contribution in [-0.2, 0) is 0 Å². The van der Waals surface area contributed by atoms with E-state index in [2.05, 4.69) is 4.98 Å². The number of thiophene rings is 1. The number of aryl methyl sites for hydroxylation is 1. The predicted octanol–water partition coefficient (Wildman–Crippen LogP) is 1.90. The van der Waals surface area contributed by atoms with E-state index in [1.807, 2.05) is 12.3 Å². The summed E-state index contributed by atoms with van der Waals surface area (Å²) in [5.41, 5.74) is 1.17. The van der Waals surface area contributed by atoms with Crippen molar-refractivity contribution in [3.63, 3.8) is 0 Å². The van der Waals surface area contributed by atoms with Crippen LogP contribution in [0.25, 0.3) is 10.2 Å². The number of hydrogen-bond acceptors (Lipinski definition) is 2. The molecule has 1 N–H and O–H groups in total. The van der Waals surface area contributed by atoms with Crippen molar-refractivity contribution in [3.8, 4) is 0 Å². The Morgan fingerprint density at radius 1 is 1.55 bits per heavy atom. The molecule has 0 aromatic carbocycles. The molecule has 2 nitrogen and oxygen atoms in total. The molecule has 0 saturated heterocycles. The fourth-order valence-corrected chi connectivity index (χ4v) is 2.06. The number of hydrogen-bond donors (Lipinski definition) is 1. The van der Waals surface area contributed by atoms with Crippen molar-refractivity contribution in [1.82, 2.24) is 4.98 Å². The van der Waals surface area contributed by atoms with E-state index >= 15 is 0 Å². The van der Waals surface area contributed by atoms with E-state index in [0.29, 0.717) is 0 Å². The maximum atomic E-state index is 11.2. The molecule has 2 rings (SSSR count). The third-order valence-corrected chi connectivity index (χ3v) is 2.70. The zero-order valence-electron chi connectivity index (χ0n) is 6.05. The molecule has 0 atom stereocenters. The molecule has 0 aliphatic heterocycles. The minimum absolute atomic E-state index is 0.109. The molecule has 0 spiro atoms. The second-order valence-corrected chi connectivity index (χ2v) is 3.34. The van der Waals surface area contributed by atoms with E-state index in [-0.39, 0.29) is 5.43 Å². The van der Waals surface area contributed by atoms with E-state index in [1.165, 1.54) is 0 Å². The van der Waals surface area contributed by atoms with Gasteiger partial charge in [0.2, 0.25) is 0 Å². The van der Waals surface area contributed by atoms with Gasteiger partial charge in [-0.15, -0.1) is 11.3 Å². The number of H-pyrrole nitrogens is 1. The molecule has 0 amide bonds. The van der Waals surface area contributed by atoms with Gasteiger partial charge in [-0.05, 0) is 17.9 Å². The van der Waals surface area contributed by atoms with Crippen molar-refractivity contribution in [2.45, 2.75) is 6.92 Å². The fraction of sp³-hybridized carbons (Fsp3) is 0.125. The van der Waals surface area contributed by atoms with E-state index < -0.39 is 0 Å². The van der Waals surface area contributed by atoms with Crippen LogP contribution in [-0.4, -0.2) is 4.98 Å². The Hall–Kier alpha value is -1.09. The highest BCUT2D eigenvalue weighted by molar-refractivity contribution is 7.16. The molecule has 0 fully saturated rings. The van der Waals surface area contributed by atoms with Crippen LogP contribution in [0.2, 0.25) is 0 Å². The van der Waals surface area contributed by atoms with Crippen molar-refractivity contribution in [2.24, 2.45) is 0 Å². The number of rotatable bonds is 0. The Bertz CT molecular complexity index is 441. The van der Waals surface area contributed by atoms with Crippen LogP contribution in [0.4, 0.5) is 0 Å². The molecule has 2 heterocycles. The van der Waals surface area contributed by atoms with Crippen LogP contribution in [0.1, 0.15) is 5.56 Å². The number of aromatic nitrogens is 1. The molecule has 0 radical (unpaired) electrons. The van der Waals surface area contributed by atoms with Gasteiger partial charge in [0.05, 0.1) is 5.39 Å². The maximum absolute atomic E-state index is 11.2. The Morgan fingerprint density at radius 3 is 3.09 bits per heavy atom. The molecule has 0 aliphatic carbocycles. The second-order valence-electron chi connectivity index (χ2n) is 2.46. The molecule has 56 valence electrons. The Morgan fingerprint density at radius 2 is 2.36 bits per heavy atom. The summed E-state index contributed by atoms with van der Waals surface area (Å²) in [6.45, 7) is 1.95. The fourth-order valence-electron chi connectivity index (χ4n) is 1.13. The standard InChI is InChI=1S/C8H7NOS/c1-5-4-11-8-7(5)6(10)2-3-9-8/h2-4H,1H3,(H,9,10). The Kier molecular flexibility index (Phi) is 1.32. The van der Waals surface area contributed by atoms with Gasteiger partial charge in [-0.25, -0.2) is 0 Å². The summed E-state index contributed by atoms with van der Waals surface area (Å²) >= 11 is 1.57. The summed E-state index contributed by atoms with van der Waals surface area (Å²) < 4.78 is 0. The summed E-state index contributed by atoms with van der Waals surface area (Å²) in [6.07, 6.45) is 1.68. The normalized spacial score (nSPS) is 10.6. The van der Waals surface area contributed by atoms with Crippen LogP contribution in [0, 0.1) is 6.92 Å². The molecular weight excluding hydrogens is 158 g/mol. The summed E-state index contributed by atoms with van der Waals surface area (Å²) in [6, 6.07) is 1.56. The van der Waals surface area contributed by atoms with Gasteiger partial charge < -0.3 is 4.98 Å². The highest BCUT2D eigenvalue weighted by Crippen LogP contribution is 2.18. The summed E-state index contributed by atoms with van der Waals surface area (Å²) in [5.74, 6) is 0. The molecule has 0 aliphatic rings. The minimum Gasteiger partial charge on any atom is -0.353 e. The first kappa shape index (κ1) is 6.61. The van der Waals surface area contributed by atoms with Crippen LogP contribution in [0.15, 0.2) is 22.4 Å². The molecule has 2 aromatic heterocycles. The molecule has 2 aromatic rings. The lowest BCUT2D eigenvalue weighted by Crippen LogP contribution is -1.98. The van der Waals surface area contributed by atoms with Gasteiger partial charge in [0.1, 0.15) is 4.83 Å². The van der Waals surface area contributed by atoms with E-state index in [4.69, 9.17) is 0 Å². The lowest BCUT2D eigenvalue weighted by atomic mass is 10.2. The molecule has 3 heteroatoms. The van der Waals surface area contributed by atoms with Crippen molar-refractivity contribution in [2.75, 3.05) is 0 Å². The maximum Gasteiger partial charge on any atom is 0.190 e. The topological polar surface area (TPSA) is 32.9 Å². The van der Waals surface area contributed by atoms with E-state index in [1.54, 1.807) is 23.6 Å². The van der Waals surface area contributed by atoms with Gasteiger partial charge >= 0.3 is 0 Å². The smallest absolute Gasteiger partial charge is 0.190 e. The number of fused-ring (bicyclic) bond motifs is 1. The highest BCUT2D eigenvalue weighted by Gasteiger charge is 2.01. The monoisotopic (exact) mass is 165 g/mol. The average molecular weight is 165 g/mol. The van der Waals surface area contributed by atoms with Crippen molar-refractivity contribution >= 4 is 21.6 Å². The first-order chi connectivity index (χ1) is 5.29. The zero-order valence-corrected chi connectivity index (χ0v) is 6.87. The van der Waals surface area contributed by atoms with Crippen molar-refractivity contribution < 1.29 is 0 Å². The van der Waals surface area contributed by atoms with Crippen LogP contribution in [0.3, 0.4) is 0 Å². The molecule has 0 unspecified atom stereocenters. The largest absolute Gasteiger partial charge is 0.353 e.